The minimum absolute atomic E-state index is 0.0294. The maximum atomic E-state index is 13.4. The molecule has 4 aromatic rings. The van der Waals surface area contributed by atoms with Crippen LogP contribution in [0.15, 0.2) is 83.7 Å². The fraction of sp³-hybridized carbons (Fsp3) is 0.222. The summed E-state index contributed by atoms with van der Waals surface area (Å²) in [6.45, 7) is 3.94. The van der Waals surface area contributed by atoms with Crippen molar-refractivity contribution < 1.29 is 4.79 Å². The number of carbonyl (C=O) groups excluding carboxylic acids is 1. The molecule has 0 saturated heterocycles. The van der Waals surface area contributed by atoms with Gasteiger partial charge >= 0.3 is 5.69 Å². The van der Waals surface area contributed by atoms with Crippen LogP contribution in [0.1, 0.15) is 36.1 Å². The summed E-state index contributed by atoms with van der Waals surface area (Å²) in [6, 6.07) is 24.9. The van der Waals surface area contributed by atoms with E-state index in [1.807, 2.05) is 74.5 Å². The smallest absolute Gasteiger partial charge is 0.298 e. The van der Waals surface area contributed by atoms with E-state index >= 15 is 0 Å². The third kappa shape index (κ3) is 5.32. The molecular formula is C27H26ClN3O2. The third-order valence-corrected chi connectivity index (χ3v) is 6.00. The number of hydrogen-bond acceptors (Lipinski definition) is 3. The highest BCUT2D eigenvalue weighted by atomic mass is 35.5. The molecule has 1 aromatic heterocycles. The van der Waals surface area contributed by atoms with Crippen LogP contribution in [0.3, 0.4) is 0 Å². The molecule has 168 valence electrons. The van der Waals surface area contributed by atoms with E-state index < -0.39 is 0 Å². The topological polar surface area (TPSA) is 56.9 Å². The summed E-state index contributed by atoms with van der Waals surface area (Å²) in [4.78, 5) is 26.1. The molecule has 0 unspecified atom stereocenters. The van der Waals surface area contributed by atoms with Crippen molar-refractivity contribution in [3.05, 3.63) is 111 Å². The Kier molecular flexibility index (Phi) is 6.90. The first-order valence-corrected chi connectivity index (χ1v) is 11.4. The number of hydrogen-bond donors (Lipinski definition) is 0. The van der Waals surface area contributed by atoms with Crippen LogP contribution in [-0.4, -0.2) is 20.1 Å². The van der Waals surface area contributed by atoms with Crippen molar-refractivity contribution in [3.8, 4) is 11.4 Å². The normalized spacial score (nSPS) is 12.0. The lowest BCUT2D eigenvalue weighted by Crippen LogP contribution is -2.30. The van der Waals surface area contributed by atoms with Crippen LogP contribution in [0, 0.1) is 6.92 Å². The van der Waals surface area contributed by atoms with Gasteiger partial charge in [0.2, 0.25) is 0 Å². The zero-order chi connectivity index (χ0) is 23.4. The van der Waals surface area contributed by atoms with E-state index in [4.69, 9.17) is 11.6 Å². The first-order chi connectivity index (χ1) is 15.9. The lowest BCUT2D eigenvalue weighted by atomic mass is 10.1. The zero-order valence-corrected chi connectivity index (χ0v) is 19.5. The molecule has 0 aliphatic heterocycles. The molecule has 0 saturated carbocycles. The first kappa shape index (κ1) is 22.7. The van der Waals surface area contributed by atoms with E-state index in [9.17, 15) is 9.59 Å². The van der Waals surface area contributed by atoms with Gasteiger partial charge in [-0.15, -0.1) is 5.10 Å². The van der Waals surface area contributed by atoms with Crippen molar-refractivity contribution in [1.82, 2.24) is 14.3 Å². The Labute approximate surface area is 198 Å². The zero-order valence-electron chi connectivity index (χ0n) is 18.7. The van der Waals surface area contributed by atoms with E-state index in [0.29, 0.717) is 23.7 Å². The number of nitrogens with zero attached hydrogens (tertiary/aromatic N) is 3. The minimum Gasteiger partial charge on any atom is -0.298 e. The van der Waals surface area contributed by atoms with Crippen molar-refractivity contribution in [2.24, 2.45) is 0 Å². The molecule has 33 heavy (non-hydrogen) atoms. The number of aromatic nitrogens is 3. The van der Waals surface area contributed by atoms with Crippen LogP contribution in [0.4, 0.5) is 0 Å². The van der Waals surface area contributed by atoms with Crippen molar-refractivity contribution >= 4 is 17.4 Å². The van der Waals surface area contributed by atoms with Gasteiger partial charge in [0.1, 0.15) is 6.54 Å². The summed E-state index contributed by atoms with van der Waals surface area (Å²) in [5.74, 6) is 0.484. The average molecular weight is 460 g/mol. The van der Waals surface area contributed by atoms with Crippen LogP contribution < -0.4 is 5.69 Å². The highest BCUT2D eigenvalue weighted by Gasteiger charge is 2.22. The van der Waals surface area contributed by atoms with E-state index in [2.05, 4.69) is 11.2 Å². The van der Waals surface area contributed by atoms with Crippen molar-refractivity contribution in [3.63, 3.8) is 0 Å². The standard InChI is InChI=1S/C27H26ClN3O2/c1-19-7-6-8-21(17-19)11-16-25(32)18-30-27(33)31(20(2)22-9-4-3-5-10-22)26(29-30)23-12-14-24(28)15-13-23/h3-10,12-15,17,20H,11,16,18H2,1-2H3/t20-/m1/s1. The Bertz CT molecular complexity index is 1310. The SMILES string of the molecule is Cc1cccc(CCC(=O)Cn2nc(-c3ccc(Cl)cc3)n([C@H](C)c3ccccc3)c2=O)c1. The molecular weight excluding hydrogens is 434 g/mol. The van der Waals surface area contributed by atoms with Gasteiger partial charge in [-0.3, -0.25) is 9.36 Å². The minimum atomic E-state index is -0.305. The van der Waals surface area contributed by atoms with Crippen LogP contribution in [0.2, 0.25) is 5.02 Å². The van der Waals surface area contributed by atoms with Gasteiger partial charge in [-0.2, -0.15) is 0 Å². The molecule has 0 aliphatic rings. The summed E-state index contributed by atoms with van der Waals surface area (Å²) < 4.78 is 2.92. The van der Waals surface area contributed by atoms with Crippen molar-refractivity contribution in [2.45, 2.75) is 39.3 Å². The highest BCUT2D eigenvalue weighted by Crippen LogP contribution is 2.24. The van der Waals surface area contributed by atoms with Gasteiger partial charge in [-0.25, -0.2) is 9.48 Å². The monoisotopic (exact) mass is 459 g/mol. The molecule has 4 rings (SSSR count). The molecule has 0 amide bonds. The van der Waals surface area contributed by atoms with E-state index in [1.54, 1.807) is 16.7 Å². The number of halogens is 1. The Balaban J connectivity index is 1.63. The van der Waals surface area contributed by atoms with Crippen molar-refractivity contribution in [2.75, 3.05) is 0 Å². The van der Waals surface area contributed by atoms with E-state index in [1.165, 1.54) is 4.68 Å². The Morgan fingerprint density at radius 1 is 1.00 bits per heavy atom. The van der Waals surface area contributed by atoms with Gasteiger partial charge in [0.05, 0.1) is 6.04 Å². The second-order valence-corrected chi connectivity index (χ2v) is 8.69. The quantitative estimate of drug-likeness (QED) is 0.350. The van der Waals surface area contributed by atoms with Crippen LogP contribution in [0.5, 0.6) is 0 Å². The lowest BCUT2D eigenvalue weighted by Gasteiger charge is -2.15. The number of Topliss-reactive ketones (excluding diaryl/α,β-unsaturated/α-hetero) is 1. The second kappa shape index (κ2) is 10.0. The number of benzene rings is 3. The maximum absolute atomic E-state index is 13.4. The molecule has 0 N–H and O–H groups in total. The fourth-order valence-electron chi connectivity index (χ4n) is 3.95. The molecule has 0 fully saturated rings. The summed E-state index contributed by atoms with van der Waals surface area (Å²) in [5, 5.41) is 5.17. The predicted octanol–water partition coefficient (Wildman–Crippen LogP) is 5.48. The van der Waals surface area contributed by atoms with Gasteiger partial charge in [0, 0.05) is 17.0 Å². The largest absolute Gasteiger partial charge is 0.347 e. The molecule has 0 spiro atoms. The fourth-order valence-corrected chi connectivity index (χ4v) is 4.07. The van der Waals surface area contributed by atoms with Crippen LogP contribution >= 0.6 is 11.6 Å². The molecule has 0 aliphatic carbocycles. The molecule has 5 nitrogen and oxygen atoms in total. The van der Waals surface area contributed by atoms with Crippen molar-refractivity contribution in [1.29, 1.82) is 0 Å². The van der Waals surface area contributed by atoms with Gasteiger partial charge in [-0.1, -0.05) is 71.8 Å². The summed E-state index contributed by atoms with van der Waals surface area (Å²) in [7, 11) is 0. The average Bonchev–Trinajstić information content (AvgIpc) is 3.14. The summed E-state index contributed by atoms with van der Waals surface area (Å²) >= 11 is 6.06. The summed E-state index contributed by atoms with van der Waals surface area (Å²) in [6.07, 6.45) is 0.994. The third-order valence-electron chi connectivity index (χ3n) is 5.74. The molecule has 0 radical (unpaired) electrons. The van der Waals surface area contributed by atoms with Gasteiger partial charge < -0.3 is 0 Å². The Morgan fingerprint density at radius 3 is 2.42 bits per heavy atom. The van der Waals surface area contributed by atoms with Crippen LogP contribution in [-0.2, 0) is 17.8 Å². The van der Waals surface area contributed by atoms with Gasteiger partial charge in [0.25, 0.3) is 0 Å². The number of rotatable bonds is 8. The molecule has 1 atom stereocenters. The lowest BCUT2D eigenvalue weighted by molar-refractivity contribution is -0.119. The number of ketones is 1. The highest BCUT2D eigenvalue weighted by molar-refractivity contribution is 6.30. The van der Waals surface area contributed by atoms with Gasteiger partial charge in [-0.05, 0) is 55.7 Å². The Morgan fingerprint density at radius 2 is 1.73 bits per heavy atom. The second-order valence-electron chi connectivity index (χ2n) is 8.26. The summed E-state index contributed by atoms with van der Waals surface area (Å²) in [5.41, 5.74) is 3.73. The Hall–Kier alpha value is -3.44. The van der Waals surface area contributed by atoms with Crippen LogP contribution in [0.25, 0.3) is 11.4 Å². The number of carbonyl (C=O) groups is 1. The van der Waals surface area contributed by atoms with E-state index in [-0.39, 0.29) is 24.1 Å². The molecule has 3 aromatic carbocycles. The number of aryl methyl sites for hydroxylation is 2. The molecule has 0 bridgehead atoms. The van der Waals surface area contributed by atoms with E-state index in [0.717, 1.165) is 22.3 Å². The maximum Gasteiger partial charge on any atom is 0.347 e. The molecule has 6 heteroatoms. The molecule has 1 heterocycles. The van der Waals surface area contributed by atoms with Gasteiger partial charge in [0.15, 0.2) is 11.6 Å². The predicted molar refractivity (Wildman–Crippen MR) is 132 cm³/mol. The first-order valence-electron chi connectivity index (χ1n) is 11.0.